The van der Waals surface area contributed by atoms with Crippen molar-refractivity contribution in [1.82, 2.24) is 25.5 Å². The van der Waals surface area contributed by atoms with Crippen LogP contribution in [0.2, 0.25) is 0 Å². The number of ether oxygens (including phenoxy) is 1. The van der Waals surface area contributed by atoms with Crippen LogP contribution in [-0.4, -0.2) is 33.2 Å². The highest BCUT2D eigenvalue weighted by molar-refractivity contribution is 5.76. The molecule has 0 bridgehead atoms. The maximum absolute atomic E-state index is 11.8. The summed E-state index contributed by atoms with van der Waals surface area (Å²) < 4.78 is 5.33. The van der Waals surface area contributed by atoms with Gasteiger partial charge in [0.15, 0.2) is 0 Å². The third kappa shape index (κ3) is 3.72. The zero-order valence-electron chi connectivity index (χ0n) is 12.8. The molecule has 1 amide bonds. The van der Waals surface area contributed by atoms with E-state index in [4.69, 9.17) is 4.74 Å². The van der Waals surface area contributed by atoms with Crippen LogP contribution in [0, 0.1) is 13.8 Å². The number of pyridine rings is 1. The number of amides is 1. The molecule has 0 saturated heterocycles. The molecule has 0 spiro atoms. The topological polar surface area (TPSA) is 113 Å². The van der Waals surface area contributed by atoms with Crippen LogP contribution in [0.4, 0.5) is 0 Å². The normalized spacial score (nSPS) is 10.5. The van der Waals surface area contributed by atoms with E-state index in [9.17, 15) is 9.59 Å². The minimum absolute atomic E-state index is 0.135. The number of hydrogen-bond acceptors (Lipinski definition) is 5. The van der Waals surface area contributed by atoms with Crippen LogP contribution < -0.4 is 15.7 Å². The number of nitrogens with zero attached hydrogens (tertiary/aromatic N) is 2. The number of carbonyl (C=O) groups is 1. The van der Waals surface area contributed by atoms with Gasteiger partial charge >= 0.3 is 5.69 Å². The molecule has 0 fully saturated rings. The Hall–Kier alpha value is -2.64. The minimum atomic E-state index is -0.373. The van der Waals surface area contributed by atoms with Crippen molar-refractivity contribution in [3.8, 4) is 5.75 Å². The van der Waals surface area contributed by atoms with Crippen molar-refractivity contribution in [3.05, 3.63) is 39.3 Å². The Labute approximate surface area is 127 Å². The molecule has 8 heteroatoms. The Bertz CT molecular complexity index is 720. The summed E-state index contributed by atoms with van der Waals surface area (Å²) in [4.78, 5) is 29.5. The molecule has 0 aliphatic heterocycles. The van der Waals surface area contributed by atoms with Crippen LogP contribution in [0.5, 0.6) is 5.75 Å². The third-order valence-corrected chi connectivity index (χ3v) is 3.34. The predicted octanol–water partition coefficient (Wildman–Crippen LogP) is 0.367. The van der Waals surface area contributed by atoms with Crippen LogP contribution in [0.1, 0.15) is 29.1 Å². The largest absolute Gasteiger partial charge is 0.496 e. The molecule has 2 heterocycles. The SMILES string of the molecule is COc1c(C)cnc(CNC(=O)CCc2n[nH]c(=O)[nH]2)c1C. The summed E-state index contributed by atoms with van der Waals surface area (Å²) in [5.41, 5.74) is 2.27. The lowest BCUT2D eigenvalue weighted by Gasteiger charge is -2.12. The van der Waals surface area contributed by atoms with E-state index in [1.54, 1.807) is 13.3 Å². The second-order valence-electron chi connectivity index (χ2n) is 4.95. The van der Waals surface area contributed by atoms with Crippen molar-refractivity contribution in [1.29, 1.82) is 0 Å². The van der Waals surface area contributed by atoms with Crippen molar-refractivity contribution in [2.24, 2.45) is 0 Å². The van der Waals surface area contributed by atoms with Crippen molar-refractivity contribution in [2.75, 3.05) is 7.11 Å². The molecular weight excluding hydrogens is 286 g/mol. The van der Waals surface area contributed by atoms with Gasteiger partial charge in [-0.2, -0.15) is 5.10 Å². The van der Waals surface area contributed by atoms with Gasteiger partial charge in [0, 0.05) is 30.2 Å². The van der Waals surface area contributed by atoms with E-state index in [1.165, 1.54) is 0 Å². The van der Waals surface area contributed by atoms with Crippen molar-refractivity contribution < 1.29 is 9.53 Å². The number of H-pyrrole nitrogens is 2. The second kappa shape index (κ2) is 6.88. The van der Waals surface area contributed by atoms with Crippen LogP contribution in [0.15, 0.2) is 11.0 Å². The first-order valence-electron chi connectivity index (χ1n) is 6.90. The Morgan fingerprint density at radius 1 is 1.41 bits per heavy atom. The number of hydrogen-bond donors (Lipinski definition) is 3. The van der Waals surface area contributed by atoms with Gasteiger partial charge in [0.1, 0.15) is 11.6 Å². The highest BCUT2D eigenvalue weighted by atomic mass is 16.5. The number of methoxy groups -OCH3 is 1. The molecule has 0 saturated carbocycles. The molecule has 118 valence electrons. The first-order chi connectivity index (χ1) is 10.5. The van der Waals surface area contributed by atoms with Gasteiger partial charge in [-0.3, -0.25) is 14.8 Å². The fraction of sp³-hybridized carbons (Fsp3) is 0.429. The highest BCUT2D eigenvalue weighted by Gasteiger charge is 2.11. The Balaban J connectivity index is 1.90. The third-order valence-electron chi connectivity index (χ3n) is 3.34. The van der Waals surface area contributed by atoms with Gasteiger partial charge < -0.3 is 10.1 Å². The molecule has 8 nitrogen and oxygen atoms in total. The fourth-order valence-electron chi connectivity index (χ4n) is 2.18. The fourth-order valence-corrected chi connectivity index (χ4v) is 2.18. The summed E-state index contributed by atoms with van der Waals surface area (Å²) in [7, 11) is 1.61. The molecule has 2 rings (SSSR count). The van der Waals surface area contributed by atoms with Crippen LogP contribution in [-0.2, 0) is 17.8 Å². The first kappa shape index (κ1) is 15.7. The minimum Gasteiger partial charge on any atom is -0.496 e. The van der Waals surface area contributed by atoms with Crippen LogP contribution in [0.3, 0.4) is 0 Å². The number of rotatable bonds is 6. The molecule has 2 aromatic heterocycles. The summed E-state index contributed by atoms with van der Waals surface area (Å²) in [5, 5.41) is 8.81. The Morgan fingerprint density at radius 3 is 2.82 bits per heavy atom. The van der Waals surface area contributed by atoms with Crippen LogP contribution in [0.25, 0.3) is 0 Å². The average molecular weight is 305 g/mol. The Kier molecular flexibility index (Phi) is 4.92. The number of aromatic nitrogens is 4. The van der Waals surface area contributed by atoms with Gasteiger partial charge in [-0.05, 0) is 13.8 Å². The molecule has 0 atom stereocenters. The van der Waals surface area contributed by atoms with E-state index in [1.807, 2.05) is 13.8 Å². The van der Waals surface area contributed by atoms with Gasteiger partial charge in [-0.1, -0.05) is 0 Å². The quantitative estimate of drug-likeness (QED) is 0.713. The standard InChI is InChI=1S/C14H19N5O3/c1-8-6-15-10(9(2)13(8)22-3)7-16-12(20)5-4-11-17-14(21)19-18-11/h6H,4-5,7H2,1-3H3,(H,16,20)(H2,17,18,19,21). The monoisotopic (exact) mass is 305 g/mol. The van der Waals surface area contributed by atoms with Gasteiger partial charge in [-0.15, -0.1) is 0 Å². The summed E-state index contributed by atoms with van der Waals surface area (Å²) >= 11 is 0. The predicted molar refractivity (Wildman–Crippen MR) is 79.6 cm³/mol. The molecule has 0 aromatic carbocycles. The van der Waals surface area contributed by atoms with Gasteiger partial charge in [0.25, 0.3) is 0 Å². The Morgan fingerprint density at radius 2 is 2.18 bits per heavy atom. The number of aryl methyl sites for hydroxylation is 2. The highest BCUT2D eigenvalue weighted by Crippen LogP contribution is 2.23. The summed E-state index contributed by atoms with van der Waals surface area (Å²) in [6.07, 6.45) is 2.33. The maximum Gasteiger partial charge on any atom is 0.340 e. The molecular formula is C14H19N5O3. The van der Waals surface area contributed by atoms with E-state index in [-0.39, 0.29) is 18.0 Å². The van der Waals surface area contributed by atoms with Crippen LogP contribution >= 0.6 is 0 Å². The molecule has 0 aliphatic rings. The van der Waals surface area contributed by atoms with Gasteiger partial charge in [0.05, 0.1) is 19.3 Å². The molecule has 0 radical (unpaired) electrons. The molecule has 0 aliphatic carbocycles. The maximum atomic E-state index is 11.8. The first-order valence-corrected chi connectivity index (χ1v) is 6.90. The molecule has 22 heavy (non-hydrogen) atoms. The summed E-state index contributed by atoms with van der Waals surface area (Å²) in [5.74, 6) is 1.12. The number of aromatic amines is 2. The summed E-state index contributed by atoms with van der Waals surface area (Å²) in [6.45, 7) is 4.17. The zero-order valence-corrected chi connectivity index (χ0v) is 12.8. The lowest BCUT2D eigenvalue weighted by atomic mass is 10.1. The second-order valence-corrected chi connectivity index (χ2v) is 4.95. The molecule has 2 aromatic rings. The summed E-state index contributed by atoms with van der Waals surface area (Å²) in [6, 6.07) is 0. The van der Waals surface area contributed by atoms with E-state index < -0.39 is 0 Å². The van der Waals surface area contributed by atoms with Crippen molar-refractivity contribution in [2.45, 2.75) is 33.2 Å². The molecule has 0 unspecified atom stereocenters. The smallest absolute Gasteiger partial charge is 0.340 e. The van der Waals surface area contributed by atoms with E-state index in [0.717, 1.165) is 22.6 Å². The van der Waals surface area contributed by atoms with Crippen molar-refractivity contribution >= 4 is 5.91 Å². The number of nitrogens with one attached hydrogen (secondary N) is 3. The lowest BCUT2D eigenvalue weighted by molar-refractivity contribution is -0.121. The van der Waals surface area contributed by atoms with Crippen molar-refractivity contribution in [3.63, 3.8) is 0 Å². The molecule has 3 N–H and O–H groups in total. The zero-order chi connectivity index (χ0) is 16.1. The van der Waals surface area contributed by atoms with E-state index in [0.29, 0.717) is 18.8 Å². The van der Waals surface area contributed by atoms with E-state index >= 15 is 0 Å². The van der Waals surface area contributed by atoms with Gasteiger partial charge in [0.2, 0.25) is 5.91 Å². The average Bonchev–Trinajstić information content (AvgIpc) is 2.90. The van der Waals surface area contributed by atoms with Gasteiger partial charge in [-0.25, -0.2) is 9.89 Å². The lowest BCUT2D eigenvalue weighted by Crippen LogP contribution is -2.24. The van der Waals surface area contributed by atoms with E-state index in [2.05, 4.69) is 25.5 Å². The number of carbonyl (C=O) groups excluding carboxylic acids is 1.